The molecule has 0 unspecified atom stereocenters. The fraction of sp³-hybridized carbons (Fsp3) is 0.222. The third kappa shape index (κ3) is 4.51. The summed E-state index contributed by atoms with van der Waals surface area (Å²) in [6.45, 7) is 4.24. The number of amides is 1. The molecule has 7 heteroatoms. The summed E-state index contributed by atoms with van der Waals surface area (Å²) in [7, 11) is 0. The Kier molecular flexibility index (Phi) is 5.23. The Morgan fingerprint density at radius 2 is 1.96 bits per heavy atom. The SMILES string of the molecule is CC(C)c1cccc(NC(=O)Cn2nnc(-c3ccc(Br)cc3)n2)c1. The number of carbonyl (C=O) groups is 1. The van der Waals surface area contributed by atoms with Crippen LogP contribution in [0.2, 0.25) is 0 Å². The van der Waals surface area contributed by atoms with Crippen molar-refractivity contribution in [3.05, 3.63) is 58.6 Å². The minimum atomic E-state index is -0.194. The lowest BCUT2D eigenvalue weighted by Crippen LogP contribution is -2.20. The number of halogens is 1. The summed E-state index contributed by atoms with van der Waals surface area (Å²) in [5, 5.41) is 15.1. The van der Waals surface area contributed by atoms with Gasteiger partial charge in [-0.15, -0.1) is 10.2 Å². The van der Waals surface area contributed by atoms with Crippen LogP contribution in [0.25, 0.3) is 11.4 Å². The molecule has 0 radical (unpaired) electrons. The Hall–Kier alpha value is -2.54. The normalized spacial score (nSPS) is 10.9. The molecule has 0 bridgehead atoms. The van der Waals surface area contributed by atoms with Crippen LogP contribution in [0, 0.1) is 0 Å². The lowest BCUT2D eigenvalue weighted by Gasteiger charge is -2.09. The molecule has 0 spiro atoms. The summed E-state index contributed by atoms with van der Waals surface area (Å²) < 4.78 is 0.978. The van der Waals surface area contributed by atoms with E-state index in [-0.39, 0.29) is 12.5 Å². The van der Waals surface area contributed by atoms with Gasteiger partial charge < -0.3 is 5.32 Å². The van der Waals surface area contributed by atoms with E-state index >= 15 is 0 Å². The molecular weight excluding hydrogens is 382 g/mol. The van der Waals surface area contributed by atoms with E-state index in [4.69, 9.17) is 0 Å². The number of carbonyl (C=O) groups excluding carboxylic acids is 1. The summed E-state index contributed by atoms with van der Waals surface area (Å²) >= 11 is 3.39. The third-order valence-corrected chi connectivity index (χ3v) is 4.21. The molecule has 0 aliphatic rings. The Labute approximate surface area is 154 Å². The van der Waals surface area contributed by atoms with Gasteiger partial charge in [0.05, 0.1) is 0 Å². The predicted molar refractivity (Wildman–Crippen MR) is 100 cm³/mol. The van der Waals surface area contributed by atoms with Crippen molar-refractivity contribution in [2.24, 2.45) is 0 Å². The predicted octanol–water partition coefficient (Wildman–Crippen LogP) is 3.86. The molecule has 0 aliphatic heterocycles. The highest BCUT2D eigenvalue weighted by molar-refractivity contribution is 9.10. The molecule has 0 fully saturated rings. The fourth-order valence-electron chi connectivity index (χ4n) is 2.33. The van der Waals surface area contributed by atoms with Crippen LogP contribution >= 0.6 is 15.9 Å². The maximum absolute atomic E-state index is 12.2. The van der Waals surface area contributed by atoms with Gasteiger partial charge in [0.1, 0.15) is 6.54 Å². The van der Waals surface area contributed by atoms with Crippen LogP contribution < -0.4 is 5.32 Å². The quantitative estimate of drug-likeness (QED) is 0.706. The zero-order chi connectivity index (χ0) is 17.8. The summed E-state index contributed by atoms with van der Waals surface area (Å²) in [5.41, 5.74) is 2.79. The van der Waals surface area contributed by atoms with Crippen molar-refractivity contribution in [2.75, 3.05) is 5.32 Å². The van der Waals surface area contributed by atoms with Gasteiger partial charge in [0.15, 0.2) is 0 Å². The van der Waals surface area contributed by atoms with Gasteiger partial charge in [-0.3, -0.25) is 4.79 Å². The Balaban J connectivity index is 1.65. The lowest BCUT2D eigenvalue weighted by atomic mass is 10.0. The number of hydrogen-bond acceptors (Lipinski definition) is 4. The van der Waals surface area contributed by atoms with E-state index in [9.17, 15) is 4.79 Å². The van der Waals surface area contributed by atoms with E-state index in [1.54, 1.807) is 0 Å². The maximum Gasteiger partial charge on any atom is 0.248 e. The van der Waals surface area contributed by atoms with Gasteiger partial charge in [-0.25, -0.2) is 0 Å². The van der Waals surface area contributed by atoms with Gasteiger partial charge in [0.2, 0.25) is 11.7 Å². The van der Waals surface area contributed by atoms with Gasteiger partial charge in [-0.1, -0.05) is 41.9 Å². The van der Waals surface area contributed by atoms with Crippen LogP contribution in [0.5, 0.6) is 0 Å². The van der Waals surface area contributed by atoms with E-state index in [1.807, 2.05) is 48.5 Å². The van der Waals surface area contributed by atoms with Crippen LogP contribution in [0.1, 0.15) is 25.3 Å². The van der Waals surface area contributed by atoms with Gasteiger partial charge in [0, 0.05) is 15.7 Å². The maximum atomic E-state index is 12.2. The van der Waals surface area contributed by atoms with Crippen molar-refractivity contribution < 1.29 is 4.79 Å². The molecule has 0 saturated carbocycles. The van der Waals surface area contributed by atoms with E-state index < -0.39 is 0 Å². The summed E-state index contributed by atoms with van der Waals surface area (Å²) in [6.07, 6.45) is 0. The molecule has 6 nitrogen and oxygen atoms in total. The molecular formula is C18H18BrN5O. The first-order valence-corrected chi connectivity index (χ1v) is 8.74. The van der Waals surface area contributed by atoms with Crippen molar-refractivity contribution in [2.45, 2.75) is 26.3 Å². The number of anilines is 1. The van der Waals surface area contributed by atoms with E-state index in [0.29, 0.717) is 11.7 Å². The molecule has 1 heterocycles. The highest BCUT2D eigenvalue weighted by Gasteiger charge is 2.10. The summed E-state index contributed by atoms with van der Waals surface area (Å²) in [5.74, 6) is 0.699. The van der Waals surface area contributed by atoms with Crippen LogP contribution in [-0.4, -0.2) is 26.1 Å². The number of rotatable bonds is 5. The summed E-state index contributed by atoms with van der Waals surface area (Å²) in [4.78, 5) is 13.5. The number of tetrazole rings is 1. The number of nitrogens with zero attached hydrogens (tertiary/aromatic N) is 4. The van der Waals surface area contributed by atoms with Crippen molar-refractivity contribution in [3.63, 3.8) is 0 Å². The second kappa shape index (κ2) is 7.57. The zero-order valence-electron chi connectivity index (χ0n) is 14.0. The van der Waals surface area contributed by atoms with Crippen molar-refractivity contribution in [1.29, 1.82) is 0 Å². The van der Waals surface area contributed by atoms with Crippen LogP contribution in [-0.2, 0) is 11.3 Å². The van der Waals surface area contributed by atoms with Gasteiger partial charge in [-0.05, 0) is 53.1 Å². The zero-order valence-corrected chi connectivity index (χ0v) is 15.6. The molecule has 1 N–H and O–H groups in total. The molecule has 0 atom stereocenters. The molecule has 128 valence electrons. The second-order valence-electron chi connectivity index (χ2n) is 5.98. The molecule has 2 aromatic carbocycles. The Bertz CT molecular complexity index is 873. The smallest absolute Gasteiger partial charge is 0.248 e. The number of aromatic nitrogens is 4. The van der Waals surface area contributed by atoms with Crippen molar-refractivity contribution >= 4 is 27.5 Å². The molecule has 0 aliphatic carbocycles. The highest BCUT2D eigenvalue weighted by Crippen LogP contribution is 2.19. The van der Waals surface area contributed by atoms with Crippen LogP contribution in [0.15, 0.2) is 53.0 Å². The highest BCUT2D eigenvalue weighted by atomic mass is 79.9. The third-order valence-electron chi connectivity index (χ3n) is 3.68. The van der Waals surface area contributed by atoms with Crippen molar-refractivity contribution in [1.82, 2.24) is 20.2 Å². The molecule has 0 saturated heterocycles. The minimum absolute atomic E-state index is 0.00936. The lowest BCUT2D eigenvalue weighted by molar-refractivity contribution is -0.117. The van der Waals surface area contributed by atoms with Gasteiger partial charge in [-0.2, -0.15) is 4.80 Å². The first kappa shape index (κ1) is 17.3. The van der Waals surface area contributed by atoms with E-state index in [2.05, 4.69) is 50.5 Å². The molecule has 3 aromatic rings. The number of hydrogen-bond donors (Lipinski definition) is 1. The molecule has 1 amide bonds. The molecule has 25 heavy (non-hydrogen) atoms. The minimum Gasteiger partial charge on any atom is -0.324 e. The standard InChI is InChI=1S/C18H18BrN5O/c1-12(2)14-4-3-5-16(10-14)20-17(25)11-24-22-18(21-23-24)13-6-8-15(19)9-7-13/h3-10,12H,11H2,1-2H3,(H,20,25). The molecule has 3 rings (SSSR count). The Morgan fingerprint density at radius 3 is 2.68 bits per heavy atom. The first-order valence-electron chi connectivity index (χ1n) is 7.95. The average molecular weight is 400 g/mol. The Morgan fingerprint density at radius 1 is 1.20 bits per heavy atom. The number of benzene rings is 2. The van der Waals surface area contributed by atoms with E-state index in [1.165, 1.54) is 10.4 Å². The summed E-state index contributed by atoms with van der Waals surface area (Å²) in [6, 6.07) is 15.4. The van der Waals surface area contributed by atoms with Crippen molar-refractivity contribution in [3.8, 4) is 11.4 Å². The van der Waals surface area contributed by atoms with Gasteiger partial charge in [0.25, 0.3) is 0 Å². The first-order chi connectivity index (χ1) is 12.0. The largest absolute Gasteiger partial charge is 0.324 e. The fourth-order valence-corrected chi connectivity index (χ4v) is 2.59. The number of nitrogens with one attached hydrogen (secondary N) is 1. The van der Waals surface area contributed by atoms with E-state index in [0.717, 1.165) is 15.7 Å². The second-order valence-corrected chi connectivity index (χ2v) is 6.89. The monoisotopic (exact) mass is 399 g/mol. The molecule has 1 aromatic heterocycles. The topological polar surface area (TPSA) is 72.7 Å². The van der Waals surface area contributed by atoms with Gasteiger partial charge >= 0.3 is 0 Å². The van der Waals surface area contributed by atoms with Crippen LogP contribution in [0.3, 0.4) is 0 Å². The van der Waals surface area contributed by atoms with Crippen LogP contribution in [0.4, 0.5) is 5.69 Å². The average Bonchev–Trinajstić information content (AvgIpc) is 3.04.